The third-order valence-corrected chi connectivity index (χ3v) is 4.11. The Bertz CT molecular complexity index is 789. The number of urea groups is 1. The van der Waals surface area contributed by atoms with Crippen LogP contribution in [0.15, 0.2) is 28.8 Å². The van der Waals surface area contributed by atoms with Crippen LogP contribution in [0.2, 0.25) is 0 Å². The van der Waals surface area contributed by atoms with E-state index in [1.54, 1.807) is 19.1 Å². The van der Waals surface area contributed by atoms with E-state index >= 15 is 0 Å². The van der Waals surface area contributed by atoms with E-state index in [2.05, 4.69) is 20.8 Å². The van der Waals surface area contributed by atoms with Crippen LogP contribution in [-0.2, 0) is 11.3 Å². The minimum atomic E-state index is -0.641. The highest BCUT2D eigenvalue weighted by molar-refractivity contribution is 5.89. The minimum absolute atomic E-state index is 0.0997. The van der Waals surface area contributed by atoms with Crippen LogP contribution in [0.5, 0.6) is 0 Å². The molecule has 1 aromatic carbocycles. The number of hydrogen-bond acceptors (Lipinski definition) is 6. The summed E-state index contributed by atoms with van der Waals surface area (Å²) in [6.07, 6.45) is -0.289. The van der Waals surface area contributed by atoms with Gasteiger partial charge in [-0.3, -0.25) is 4.79 Å². The summed E-state index contributed by atoms with van der Waals surface area (Å²) in [7, 11) is 0. The first kappa shape index (κ1) is 17.9. The Morgan fingerprint density at radius 2 is 2.08 bits per heavy atom. The first-order valence-electron chi connectivity index (χ1n) is 8.31. The fraction of sp³-hybridized carbons (Fsp3) is 0.412. The Balaban J connectivity index is 1.65. The van der Waals surface area contributed by atoms with Crippen molar-refractivity contribution in [3.63, 3.8) is 0 Å². The Morgan fingerprint density at radius 3 is 2.69 bits per heavy atom. The third-order valence-electron chi connectivity index (χ3n) is 4.11. The maximum Gasteiger partial charge on any atom is 0.322 e. The van der Waals surface area contributed by atoms with Gasteiger partial charge in [-0.2, -0.15) is 4.98 Å². The number of rotatable bonds is 4. The standard InChI is InChI=1S/C17H21N5O4/c1-10-19-16(26-21-10)15-7-14(24)9-22(15)17(25)20-13-5-3-12(4-6-13)8-18-11(2)23/h3-6,14-15,24H,7-9H2,1-2H3,(H,18,23)(H,20,25)/t14-,15-/m1/s1. The number of nitrogens with one attached hydrogen (secondary N) is 2. The molecule has 0 radical (unpaired) electrons. The van der Waals surface area contributed by atoms with Gasteiger partial charge >= 0.3 is 6.03 Å². The molecule has 2 heterocycles. The maximum absolute atomic E-state index is 12.6. The van der Waals surface area contributed by atoms with Crippen molar-refractivity contribution in [1.29, 1.82) is 0 Å². The lowest BCUT2D eigenvalue weighted by Crippen LogP contribution is -2.35. The zero-order chi connectivity index (χ0) is 18.7. The van der Waals surface area contributed by atoms with Gasteiger partial charge in [-0.15, -0.1) is 0 Å². The number of benzene rings is 1. The molecule has 2 atom stereocenters. The molecule has 0 unspecified atom stereocenters. The van der Waals surface area contributed by atoms with Crippen LogP contribution in [-0.4, -0.2) is 44.7 Å². The van der Waals surface area contributed by atoms with Crippen molar-refractivity contribution in [2.24, 2.45) is 0 Å². The van der Waals surface area contributed by atoms with Crippen molar-refractivity contribution in [2.45, 2.75) is 39.0 Å². The fourth-order valence-electron chi connectivity index (χ4n) is 2.85. The minimum Gasteiger partial charge on any atom is -0.391 e. The molecule has 26 heavy (non-hydrogen) atoms. The summed E-state index contributed by atoms with van der Waals surface area (Å²) in [6.45, 7) is 3.78. The monoisotopic (exact) mass is 359 g/mol. The molecule has 1 saturated heterocycles. The number of nitrogens with zero attached hydrogens (tertiary/aromatic N) is 3. The summed E-state index contributed by atoms with van der Waals surface area (Å²) >= 11 is 0. The molecule has 2 aromatic rings. The molecule has 1 aliphatic heterocycles. The van der Waals surface area contributed by atoms with Crippen molar-refractivity contribution in [3.8, 4) is 0 Å². The largest absolute Gasteiger partial charge is 0.391 e. The molecule has 0 bridgehead atoms. The molecule has 0 saturated carbocycles. The van der Waals surface area contributed by atoms with Crippen molar-refractivity contribution in [2.75, 3.05) is 11.9 Å². The number of aryl methyl sites for hydroxylation is 1. The van der Waals surface area contributed by atoms with Gasteiger partial charge in [0.25, 0.3) is 0 Å². The SMILES string of the molecule is CC(=O)NCc1ccc(NC(=O)N2C[C@H](O)C[C@@H]2c2nc(C)no2)cc1. The predicted octanol–water partition coefficient (Wildman–Crippen LogP) is 1.35. The molecular weight excluding hydrogens is 338 g/mol. The average Bonchev–Trinajstić information content (AvgIpc) is 3.19. The predicted molar refractivity (Wildman–Crippen MR) is 92.1 cm³/mol. The third kappa shape index (κ3) is 4.17. The van der Waals surface area contributed by atoms with Gasteiger partial charge in [0, 0.05) is 32.1 Å². The summed E-state index contributed by atoms with van der Waals surface area (Å²) in [5, 5.41) is 19.2. The lowest BCUT2D eigenvalue weighted by molar-refractivity contribution is -0.119. The van der Waals surface area contributed by atoms with E-state index < -0.39 is 12.1 Å². The number of hydrogen-bond donors (Lipinski definition) is 3. The number of carbonyl (C=O) groups is 2. The van der Waals surface area contributed by atoms with Crippen LogP contribution in [0.1, 0.15) is 36.7 Å². The second-order valence-electron chi connectivity index (χ2n) is 6.27. The Hall–Kier alpha value is -2.94. The molecular formula is C17H21N5O4. The summed E-state index contributed by atoms with van der Waals surface area (Å²) < 4.78 is 5.16. The van der Waals surface area contributed by atoms with E-state index in [0.717, 1.165) is 5.56 Å². The number of anilines is 1. The van der Waals surface area contributed by atoms with Gasteiger partial charge in [0.2, 0.25) is 11.8 Å². The molecule has 1 aliphatic rings. The van der Waals surface area contributed by atoms with Crippen LogP contribution in [0.25, 0.3) is 0 Å². The normalized spacial score (nSPS) is 19.4. The summed E-state index contributed by atoms with van der Waals surface area (Å²) in [6, 6.07) is 6.36. The number of carbonyl (C=O) groups excluding carboxylic acids is 2. The number of aliphatic hydroxyl groups is 1. The summed E-state index contributed by atoms with van der Waals surface area (Å²) in [5.41, 5.74) is 1.54. The Morgan fingerprint density at radius 1 is 1.35 bits per heavy atom. The smallest absolute Gasteiger partial charge is 0.322 e. The zero-order valence-electron chi connectivity index (χ0n) is 14.6. The molecule has 9 heteroatoms. The fourth-order valence-corrected chi connectivity index (χ4v) is 2.85. The molecule has 3 N–H and O–H groups in total. The second-order valence-corrected chi connectivity index (χ2v) is 6.27. The highest BCUT2D eigenvalue weighted by Crippen LogP contribution is 2.31. The quantitative estimate of drug-likeness (QED) is 0.758. The molecule has 0 spiro atoms. The van der Waals surface area contributed by atoms with E-state index in [9.17, 15) is 14.7 Å². The number of aromatic nitrogens is 2. The van der Waals surface area contributed by atoms with E-state index in [-0.39, 0.29) is 18.5 Å². The van der Waals surface area contributed by atoms with E-state index in [1.165, 1.54) is 11.8 Å². The lowest BCUT2D eigenvalue weighted by Gasteiger charge is -2.22. The topological polar surface area (TPSA) is 121 Å². The number of likely N-dealkylation sites (tertiary alicyclic amines) is 1. The van der Waals surface area contributed by atoms with Crippen LogP contribution in [0, 0.1) is 6.92 Å². The van der Waals surface area contributed by atoms with Crippen LogP contribution in [0.4, 0.5) is 10.5 Å². The number of β-amino-alcohol motifs (C(OH)–C–C–N with tert-alkyl or cyclic N) is 1. The first-order chi connectivity index (χ1) is 12.4. The van der Waals surface area contributed by atoms with Gasteiger partial charge < -0.3 is 25.2 Å². The van der Waals surface area contributed by atoms with E-state index in [0.29, 0.717) is 30.4 Å². The maximum atomic E-state index is 12.6. The van der Waals surface area contributed by atoms with Crippen molar-refractivity contribution < 1.29 is 19.2 Å². The zero-order valence-corrected chi connectivity index (χ0v) is 14.6. The van der Waals surface area contributed by atoms with Crippen molar-refractivity contribution in [1.82, 2.24) is 20.4 Å². The molecule has 9 nitrogen and oxygen atoms in total. The van der Waals surface area contributed by atoms with Gasteiger partial charge in [0.1, 0.15) is 6.04 Å². The lowest BCUT2D eigenvalue weighted by atomic mass is 10.2. The van der Waals surface area contributed by atoms with Gasteiger partial charge in [0.15, 0.2) is 5.82 Å². The number of amides is 3. The highest BCUT2D eigenvalue weighted by atomic mass is 16.5. The van der Waals surface area contributed by atoms with Gasteiger partial charge in [-0.25, -0.2) is 4.79 Å². The van der Waals surface area contributed by atoms with Crippen molar-refractivity contribution >= 4 is 17.6 Å². The van der Waals surface area contributed by atoms with E-state index in [4.69, 9.17) is 4.52 Å². The molecule has 138 valence electrons. The molecule has 1 fully saturated rings. The van der Waals surface area contributed by atoms with Crippen LogP contribution in [0.3, 0.4) is 0 Å². The summed E-state index contributed by atoms with van der Waals surface area (Å²) in [4.78, 5) is 29.2. The first-order valence-corrected chi connectivity index (χ1v) is 8.31. The van der Waals surface area contributed by atoms with E-state index in [1.807, 2.05) is 12.1 Å². The van der Waals surface area contributed by atoms with Crippen LogP contribution < -0.4 is 10.6 Å². The molecule has 0 aliphatic carbocycles. The molecule has 3 amide bonds. The second kappa shape index (κ2) is 7.52. The van der Waals surface area contributed by atoms with Crippen molar-refractivity contribution in [3.05, 3.63) is 41.5 Å². The Kier molecular flexibility index (Phi) is 5.17. The number of aliphatic hydroxyl groups excluding tert-OH is 1. The van der Waals surface area contributed by atoms with Gasteiger partial charge in [0.05, 0.1) is 6.10 Å². The summed E-state index contributed by atoms with van der Waals surface area (Å²) in [5.74, 6) is 0.702. The average molecular weight is 359 g/mol. The van der Waals surface area contributed by atoms with Gasteiger partial charge in [-0.1, -0.05) is 17.3 Å². The molecule has 1 aromatic heterocycles. The Labute approximate surface area is 150 Å². The van der Waals surface area contributed by atoms with Gasteiger partial charge in [-0.05, 0) is 24.6 Å². The highest BCUT2D eigenvalue weighted by Gasteiger charge is 2.38. The van der Waals surface area contributed by atoms with Crippen LogP contribution >= 0.6 is 0 Å². The molecule has 3 rings (SSSR count).